The standard InChI is InChI=1S/C14H11ClFNO2/c1-8-4-10(16)7-11(5-8)17-14(19)12-3-2-9(15)6-13(12)18/h2-7,18H,1H3,(H,17,19). The minimum Gasteiger partial charge on any atom is -0.507 e. The third-order valence-corrected chi connectivity index (χ3v) is 2.74. The fourth-order valence-electron chi connectivity index (χ4n) is 1.70. The van der Waals surface area contributed by atoms with Crippen molar-refractivity contribution >= 4 is 23.2 Å². The number of hydrogen-bond acceptors (Lipinski definition) is 2. The van der Waals surface area contributed by atoms with Crippen LogP contribution < -0.4 is 5.32 Å². The van der Waals surface area contributed by atoms with Gasteiger partial charge in [-0.25, -0.2) is 4.39 Å². The molecule has 0 bridgehead atoms. The van der Waals surface area contributed by atoms with Gasteiger partial charge < -0.3 is 10.4 Å². The van der Waals surface area contributed by atoms with E-state index in [4.69, 9.17) is 11.6 Å². The summed E-state index contributed by atoms with van der Waals surface area (Å²) in [5, 5.41) is 12.5. The number of phenolic OH excluding ortho intramolecular Hbond substituents is 1. The second kappa shape index (κ2) is 5.28. The molecule has 0 aromatic heterocycles. The fraction of sp³-hybridized carbons (Fsp3) is 0.0714. The van der Waals surface area contributed by atoms with E-state index in [-0.39, 0.29) is 11.3 Å². The SMILES string of the molecule is Cc1cc(F)cc(NC(=O)c2ccc(Cl)cc2O)c1. The lowest BCUT2D eigenvalue weighted by atomic mass is 10.1. The molecule has 5 heteroatoms. The summed E-state index contributed by atoms with van der Waals surface area (Å²) in [6.45, 7) is 1.72. The predicted octanol–water partition coefficient (Wildman–Crippen LogP) is 3.75. The molecule has 3 nitrogen and oxygen atoms in total. The van der Waals surface area contributed by atoms with Crippen LogP contribution in [0.15, 0.2) is 36.4 Å². The van der Waals surface area contributed by atoms with Crippen LogP contribution in [0.4, 0.5) is 10.1 Å². The molecule has 2 aromatic rings. The maximum Gasteiger partial charge on any atom is 0.259 e. The monoisotopic (exact) mass is 279 g/mol. The first-order valence-electron chi connectivity index (χ1n) is 5.53. The van der Waals surface area contributed by atoms with E-state index in [0.717, 1.165) is 0 Å². The molecule has 0 fully saturated rings. The third kappa shape index (κ3) is 3.23. The molecule has 0 saturated heterocycles. The van der Waals surface area contributed by atoms with Crippen molar-refractivity contribution in [3.63, 3.8) is 0 Å². The third-order valence-electron chi connectivity index (χ3n) is 2.50. The highest BCUT2D eigenvalue weighted by Gasteiger charge is 2.12. The zero-order valence-corrected chi connectivity index (χ0v) is 10.8. The van der Waals surface area contributed by atoms with Crippen molar-refractivity contribution in [1.82, 2.24) is 0 Å². The quantitative estimate of drug-likeness (QED) is 0.880. The molecule has 1 amide bonds. The number of rotatable bonds is 2. The summed E-state index contributed by atoms with van der Waals surface area (Å²) < 4.78 is 13.2. The highest BCUT2D eigenvalue weighted by Crippen LogP contribution is 2.23. The zero-order chi connectivity index (χ0) is 14.0. The number of halogens is 2. The molecule has 2 N–H and O–H groups in total. The number of amides is 1. The summed E-state index contributed by atoms with van der Waals surface area (Å²) in [5.74, 6) is -1.19. The van der Waals surface area contributed by atoms with Crippen LogP contribution in [0.1, 0.15) is 15.9 Å². The predicted molar refractivity (Wildman–Crippen MR) is 72.2 cm³/mol. The summed E-state index contributed by atoms with van der Waals surface area (Å²) in [7, 11) is 0. The lowest BCUT2D eigenvalue weighted by Crippen LogP contribution is -2.12. The van der Waals surface area contributed by atoms with E-state index in [1.165, 1.54) is 30.3 Å². The second-order valence-electron chi connectivity index (χ2n) is 4.13. The van der Waals surface area contributed by atoms with E-state index < -0.39 is 11.7 Å². The molecule has 2 aromatic carbocycles. The average molecular weight is 280 g/mol. The summed E-state index contributed by atoms with van der Waals surface area (Å²) in [5.41, 5.74) is 1.10. The minimum absolute atomic E-state index is 0.0753. The van der Waals surface area contributed by atoms with Gasteiger partial charge in [0.15, 0.2) is 0 Å². The Kier molecular flexibility index (Phi) is 3.71. The van der Waals surface area contributed by atoms with Gasteiger partial charge in [-0.15, -0.1) is 0 Å². The van der Waals surface area contributed by atoms with Gasteiger partial charge in [-0.05, 0) is 48.9 Å². The van der Waals surface area contributed by atoms with Crippen molar-refractivity contribution in [2.24, 2.45) is 0 Å². The molecule has 0 unspecified atom stereocenters. The van der Waals surface area contributed by atoms with Crippen molar-refractivity contribution in [2.45, 2.75) is 6.92 Å². The molecular formula is C14H11ClFNO2. The zero-order valence-electron chi connectivity index (χ0n) is 10.1. The Morgan fingerprint density at radius 2 is 2.00 bits per heavy atom. The van der Waals surface area contributed by atoms with Gasteiger partial charge in [-0.1, -0.05) is 11.6 Å². The first-order valence-corrected chi connectivity index (χ1v) is 5.90. The molecule has 0 aliphatic rings. The van der Waals surface area contributed by atoms with Crippen LogP contribution in [0.3, 0.4) is 0 Å². The molecule has 0 aliphatic carbocycles. The van der Waals surface area contributed by atoms with Crippen LogP contribution in [0, 0.1) is 12.7 Å². The van der Waals surface area contributed by atoms with Gasteiger partial charge in [0.05, 0.1) is 5.56 Å². The van der Waals surface area contributed by atoms with Gasteiger partial charge in [0.1, 0.15) is 11.6 Å². The molecular weight excluding hydrogens is 269 g/mol. The molecule has 0 heterocycles. The molecule has 0 saturated carbocycles. The number of benzene rings is 2. The molecule has 0 aliphatic heterocycles. The van der Waals surface area contributed by atoms with Gasteiger partial charge >= 0.3 is 0 Å². The topological polar surface area (TPSA) is 49.3 Å². The van der Waals surface area contributed by atoms with Crippen LogP contribution in [0.5, 0.6) is 5.75 Å². The molecule has 0 atom stereocenters. The van der Waals surface area contributed by atoms with Crippen molar-refractivity contribution in [3.8, 4) is 5.75 Å². The number of hydrogen-bond donors (Lipinski definition) is 2. The molecule has 0 radical (unpaired) electrons. The Hall–Kier alpha value is -2.07. The van der Waals surface area contributed by atoms with Gasteiger partial charge in [-0.2, -0.15) is 0 Å². The minimum atomic E-state index is -0.529. The highest BCUT2D eigenvalue weighted by atomic mass is 35.5. The van der Waals surface area contributed by atoms with E-state index in [9.17, 15) is 14.3 Å². The summed E-state index contributed by atoms with van der Waals surface area (Å²) in [6.07, 6.45) is 0. The van der Waals surface area contributed by atoms with E-state index in [1.54, 1.807) is 13.0 Å². The number of aromatic hydroxyl groups is 1. The Bertz CT molecular complexity index is 623. The molecule has 19 heavy (non-hydrogen) atoms. The van der Waals surface area contributed by atoms with Crippen molar-refractivity contribution in [2.75, 3.05) is 5.32 Å². The lowest BCUT2D eigenvalue weighted by Gasteiger charge is -2.08. The Morgan fingerprint density at radius 1 is 1.26 bits per heavy atom. The fourth-order valence-corrected chi connectivity index (χ4v) is 1.87. The number of aryl methyl sites for hydroxylation is 1. The van der Waals surface area contributed by atoms with E-state index in [1.807, 2.05) is 0 Å². The normalized spacial score (nSPS) is 10.3. The summed E-state index contributed by atoms with van der Waals surface area (Å²) in [4.78, 5) is 11.9. The second-order valence-corrected chi connectivity index (χ2v) is 4.57. The average Bonchev–Trinajstić information content (AvgIpc) is 2.26. The smallest absolute Gasteiger partial charge is 0.259 e. The molecule has 2 rings (SSSR count). The van der Waals surface area contributed by atoms with E-state index >= 15 is 0 Å². The van der Waals surface area contributed by atoms with Gasteiger partial charge in [0.25, 0.3) is 5.91 Å². The Morgan fingerprint density at radius 3 is 2.63 bits per heavy atom. The summed E-state index contributed by atoms with van der Waals surface area (Å²) >= 11 is 5.68. The van der Waals surface area contributed by atoms with Gasteiger partial charge in [0.2, 0.25) is 0 Å². The summed E-state index contributed by atoms with van der Waals surface area (Å²) in [6, 6.07) is 8.36. The van der Waals surface area contributed by atoms with Crippen LogP contribution >= 0.6 is 11.6 Å². The maximum absolute atomic E-state index is 13.2. The number of nitrogens with one attached hydrogen (secondary N) is 1. The first-order chi connectivity index (χ1) is 8.95. The van der Waals surface area contributed by atoms with Gasteiger partial charge in [-0.3, -0.25) is 4.79 Å². The number of phenols is 1. The van der Waals surface area contributed by atoms with Crippen LogP contribution in [-0.4, -0.2) is 11.0 Å². The Balaban J connectivity index is 2.25. The lowest BCUT2D eigenvalue weighted by molar-refractivity contribution is 0.102. The van der Waals surface area contributed by atoms with Crippen molar-refractivity contribution in [1.29, 1.82) is 0 Å². The first kappa shape index (κ1) is 13.4. The Labute approximate surface area is 114 Å². The highest BCUT2D eigenvalue weighted by molar-refractivity contribution is 6.30. The van der Waals surface area contributed by atoms with E-state index in [0.29, 0.717) is 16.3 Å². The van der Waals surface area contributed by atoms with Crippen LogP contribution in [0.25, 0.3) is 0 Å². The molecule has 98 valence electrons. The van der Waals surface area contributed by atoms with E-state index in [2.05, 4.69) is 5.32 Å². The largest absolute Gasteiger partial charge is 0.507 e. The van der Waals surface area contributed by atoms with Crippen LogP contribution in [-0.2, 0) is 0 Å². The van der Waals surface area contributed by atoms with Gasteiger partial charge in [0, 0.05) is 10.7 Å². The number of carbonyl (C=O) groups is 1. The van der Waals surface area contributed by atoms with Crippen molar-refractivity contribution < 1.29 is 14.3 Å². The maximum atomic E-state index is 13.2. The number of anilines is 1. The van der Waals surface area contributed by atoms with Crippen LogP contribution in [0.2, 0.25) is 5.02 Å². The number of carbonyl (C=O) groups excluding carboxylic acids is 1. The molecule has 0 spiro atoms. The van der Waals surface area contributed by atoms with Crippen molar-refractivity contribution in [3.05, 3.63) is 58.4 Å².